The number of piperidine rings is 1. The first-order chi connectivity index (χ1) is 10.7. The van der Waals surface area contributed by atoms with Gasteiger partial charge < -0.3 is 10.2 Å². The molecule has 8 heteroatoms. The van der Waals surface area contributed by atoms with Crippen LogP contribution in [0.1, 0.15) is 25.7 Å². The van der Waals surface area contributed by atoms with E-state index in [4.69, 9.17) is 0 Å². The van der Waals surface area contributed by atoms with Gasteiger partial charge in [-0.1, -0.05) is 0 Å². The lowest BCUT2D eigenvalue weighted by molar-refractivity contribution is -0.121. The summed E-state index contributed by atoms with van der Waals surface area (Å²) >= 11 is 0. The van der Waals surface area contributed by atoms with E-state index in [9.17, 15) is 9.59 Å². The lowest BCUT2D eigenvalue weighted by Gasteiger charge is -2.32. The molecule has 1 aromatic rings. The number of amides is 2. The Morgan fingerprint density at radius 3 is 2.59 bits per heavy atom. The van der Waals surface area contributed by atoms with Crippen LogP contribution in [0, 0.1) is 0 Å². The van der Waals surface area contributed by atoms with Crippen molar-refractivity contribution in [1.29, 1.82) is 0 Å². The molecule has 22 heavy (non-hydrogen) atoms. The van der Waals surface area contributed by atoms with Crippen LogP contribution < -0.4 is 15.6 Å². The number of hydrogen-bond donors (Lipinski definition) is 2. The van der Waals surface area contributed by atoms with Gasteiger partial charge in [0, 0.05) is 44.4 Å². The molecule has 0 radical (unpaired) electrons. The molecule has 0 saturated carbocycles. The van der Waals surface area contributed by atoms with E-state index in [0.29, 0.717) is 18.6 Å². The molecule has 0 atom stereocenters. The average molecular weight is 302 g/mol. The molecule has 0 spiro atoms. The highest BCUT2D eigenvalue weighted by Gasteiger charge is 2.25. The number of rotatable bonds is 3. The van der Waals surface area contributed by atoms with Crippen molar-refractivity contribution in [2.75, 3.05) is 18.0 Å². The quantitative estimate of drug-likeness (QED) is 0.807. The third kappa shape index (κ3) is 3.38. The molecular formula is C14H18N6O2. The molecule has 3 rings (SSSR count). The largest absolute Gasteiger partial charge is 0.348 e. The van der Waals surface area contributed by atoms with Crippen LogP contribution in [-0.4, -0.2) is 46.6 Å². The zero-order chi connectivity index (χ0) is 15.4. The number of aromatic nitrogens is 2. The van der Waals surface area contributed by atoms with Gasteiger partial charge in [0.2, 0.25) is 11.9 Å². The van der Waals surface area contributed by atoms with Gasteiger partial charge in [0.25, 0.3) is 5.91 Å². The molecule has 2 amide bonds. The molecule has 1 fully saturated rings. The zero-order valence-electron chi connectivity index (χ0n) is 12.2. The molecule has 116 valence electrons. The molecule has 0 aromatic carbocycles. The highest BCUT2D eigenvalue weighted by Crippen LogP contribution is 2.15. The van der Waals surface area contributed by atoms with E-state index in [1.165, 1.54) is 0 Å². The fourth-order valence-electron chi connectivity index (χ4n) is 2.58. The molecule has 2 aliphatic heterocycles. The van der Waals surface area contributed by atoms with Crippen LogP contribution in [-0.2, 0) is 9.59 Å². The van der Waals surface area contributed by atoms with Gasteiger partial charge >= 0.3 is 0 Å². The van der Waals surface area contributed by atoms with Crippen LogP contribution in [0.25, 0.3) is 0 Å². The summed E-state index contributed by atoms with van der Waals surface area (Å²) in [7, 11) is 0. The van der Waals surface area contributed by atoms with Crippen LogP contribution in [0.3, 0.4) is 0 Å². The zero-order valence-corrected chi connectivity index (χ0v) is 12.2. The van der Waals surface area contributed by atoms with Crippen LogP contribution in [0.5, 0.6) is 0 Å². The summed E-state index contributed by atoms with van der Waals surface area (Å²) < 4.78 is 0. The Labute approximate surface area is 128 Å². The van der Waals surface area contributed by atoms with E-state index in [1.54, 1.807) is 18.5 Å². The van der Waals surface area contributed by atoms with E-state index in [1.807, 2.05) is 0 Å². The normalized spacial score (nSPS) is 19.4. The molecule has 3 heterocycles. The van der Waals surface area contributed by atoms with Crippen molar-refractivity contribution in [2.45, 2.75) is 31.7 Å². The Kier molecular flexibility index (Phi) is 4.27. The van der Waals surface area contributed by atoms with E-state index in [0.717, 1.165) is 31.9 Å². The third-order valence-electron chi connectivity index (χ3n) is 3.83. The van der Waals surface area contributed by atoms with E-state index >= 15 is 0 Å². The van der Waals surface area contributed by atoms with Crippen molar-refractivity contribution in [1.82, 2.24) is 20.7 Å². The van der Waals surface area contributed by atoms with Crippen molar-refractivity contribution in [3.05, 3.63) is 18.5 Å². The number of anilines is 1. The Hall–Kier alpha value is -2.51. The first-order valence-electron chi connectivity index (χ1n) is 7.40. The monoisotopic (exact) mass is 302 g/mol. The van der Waals surface area contributed by atoms with E-state index in [-0.39, 0.29) is 17.9 Å². The molecular weight excluding hydrogens is 284 g/mol. The summed E-state index contributed by atoms with van der Waals surface area (Å²) in [6.07, 6.45) is 5.84. The molecule has 1 saturated heterocycles. The summed E-state index contributed by atoms with van der Waals surface area (Å²) in [5.74, 6) is 0.397. The highest BCUT2D eigenvalue weighted by molar-refractivity contribution is 6.39. The van der Waals surface area contributed by atoms with Crippen molar-refractivity contribution >= 4 is 23.5 Å². The second kappa shape index (κ2) is 6.50. The number of nitrogens with zero attached hydrogens (tertiary/aromatic N) is 4. The maximum Gasteiger partial charge on any atom is 0.267 e. The standard InChI is InChI=1S/C14H18N6O2/c21-12-3-2-11(18-19-12)13(22)17-10-4-8-20(9-5-10)14-15-6-1-7-16-14/h1,6-7,10H,2-5,8-9H2,(H,17,22)(H,19,21). The molecule has 8 nitrogen and oxygen atoms in total. The first-order valence-corrected chi connectivity index (χ1v) is 7.40. The maximum atomic E-state index is 12.1. The van der Waals surface area contributed by atoms with Crippen LogP contribution in [0.4, 0.5) is 5.95 Å². The number of hydrazone groups is 1. The molecule has 0 bridgehead atoms. The van der Waals surface area contributed by atoms with Crippen LogP contribution >= 0.6 is 0 Å². The fraction of sp³-hybridized carbons (Fsp3) is 0.500. The number of carbonyl (C=O) groups is 2. The molecule has 2 aliphatic rings. The lowest BCUT2D eigenvalue weighted by Crippen LogP contribution is -2.47. The molecule has 0 unspecified atom stereocenters. The summed E-state index contributed by atoms with van der Waals surface area (Å²) in [6, 6.07) is 1.91. The minimum atomic E-state index is -0.186. The summed E-state index contributed by atoms with van der Waals surface area (Å²) in [6.45, 7) is 1.61. The number of nitrogens with one attached hydrogen (secondary N) is 2. The molecule has 2 N–H and O–H groups in total. The van der Waals surface area contributed by atoms with E-state index < -0.39 is 0 Å². The topological polar surface area (TPSA) is 99.6 Å². The summed E-state index contributed by atoms with van der Waals surface area (Å²) in [5, 5.41) is 6.80. The Morgan fingerprint density at radius 2 is 1.95 bits per heavy atom. The predicted molar refractivity (Wildman–Crippen MR) is 80.2 cm³/mol. The van der Waals surface area contributed by atoms with Gasteiger partial charge in [0.05, 0.1) is 0 Å². The van der Waals surface area contributed by atoms with Crippen LogP contribution in [0.2, 0.25) is 0 Å². The smallest absolute Gasteiger partial charge is 0.267 e. The Balaban J connectivity index is 1.50. The minimum absolute atomic E-state index is 0.118. The third-order valence-corrected chi connectivity index (χ3v) is 3.83. The van der Waals surface area contributed by atoms with Gasteiger partial charge in [-0.3, -0.25) is 9.59 Å². The summed E-state index contributed by atoms with van der Waals surface area (Å²) in [4.78, 5) is 33.7. The van der Waals surface area contributed by atoms with Gasteiger partial charge in [-0.2, -0.15) is 5.10 Å². The van der Waals surface area contributed by atoms with Crippen molar-refractivity contribution in [3.63, 3.8) is 0 Å². The van der Waals surface area contributed by atoms with Crippen molar-refractivity contribution < 1.29 is 9.59 Å². The second-order valence-electron chi connectivity index (χ2n) is 5.38. The fourth-order valence-corrected chi connectivity index (χ4v) is 2.58. The summed E-state index contributed by atoms with van der Waals surface area (Å²) in [5.41, 5.74) is 2.74. The minimum Gasteiger partial charge on any atom is -0.348 e. The van der Waals surface area contributed by atoms with Crippen LogP contribution in [0.15, 0.2) is 23.6 Å². The SMILES string of the molecule is O=C1CCC(C(=O)NC2CCN(c3ncccn3)CC2)=NN1. The van der Waals surface area contributed by atoms with Gasteiger partial charge in [0.15, 0.2) is 0 Å². The predicted octanol–water partition coefficient (Wildman–Crippen LogP) is -0.172. The van der Waals surface area contributed by atoms with Crippen molar-refractivity contribution in [3.8, 4) is 0 Å². The average Bonchev–Trinajstić information content (AvgIpc) is 2.57. The lowest BCUT2D eigenvalue weighted by atomic mass is 10.0. The molecule has 1 aromatic heterocycles. The first kappa shape index (κ1) is 14.4. The Morgan fingerprint density at radius 1 is 1.23 bits per heavy atom. The second-order valence-corrected chi connectivity index (χ2v) is 5.38. The number of carbonyl (C=O) groups excluding carboxylic acids is 2. The Bertz CT molecular complexity index is 580. The number of hydrogen-bond acceptors (Lipinski definition) is 6. The van der Waals surface area contributed by atoms with Gasteiger partial charge in [0.1, 0.15) is 5.71 Å². The van der Waals surface area contributed by atoms with E-state index in [2.05, 4.69) is 30.7 Å². The van der Waals surface area contributed by atoms with Gasteiger partial charge in [-0.25, -0.2) is 15.4 Å². The maximum absolute atomic E-state index is 12.1. The van der Waals surface area contributed by atoms with Crippen molar-refractivity contribution in [2.24, 2.45) is 5.10 Å². The highest BCUT2D eigenvalue weighted by atomic mass is 16.2. The van der Waals surface area contributed by atoms with Gasteiger partial charge in [-0.15, -0.1) is 0 Å². The van der Waals surface area contributed by atoms with Gasteiger partial charge in [-0.05, 0) is 18.9 Å². The molecule has 0 aliphatic carbocycles.